The van der Waals surface area contributed by atoms with Crippen LogP contribution in [0.1, 0.15) is 31.1 Å². The lowest BCUT2D eigenvalue weighted by Gasteiger charge is -2.35. The molecule has 0 unspecified atom stereocenters. The highest BCUT2D eigenvalue weighted by Gasteiger charge is 2.38. The molecule has 8 heteroatoms. The Hall–Kier alpha value is -3.23. The maximum absolute atomic E-state index is 13.0. The molecule has 0 N–H and O–H groups in total. The van der Waals surface area contributed by atoms with Crippen molar-refractivity contribution in [2.75, 3.05) is 53.4 Å². The van der Waals surface area contributed by atoms with E-state index in [-0.39, 0.29) is 18.4 Å². The van der Waals surface area contributed by atoms with E-state index < -0.39 is 12.1 Å². The van der Waals surface area contributed by atoms with Crippen LogP contribution in [0.25, 0.3) is 0 Å². The quantitative estimate of drug-likeness (QED) is 0.482. The second kappa shape index (κ2) is 9.50. The first-order valence-electron chi connectivity index (χ1n) is 10.7. The van der Waals surface area contributed by atoms with Gasteiger partial charge in [0.05, 0.1) is 24.8 Å². The Balaban J connectivity index is 1.53. The van der Waals surface area contributed by atoms with Gasteiger partial charge in [-0.25, -0.2) is 4.79 Å². The van der Waals surface area contributed by atoms with Crippen LogP contribution in [-0.4, -0.2) is 92.0 Å². The standard InChI is InChI=1S/C24H27N3O5/c1-25-11-13-26(14-12-25)15-17(32-24(30)20-9-5-6-10-21(20)31-2)16-27-22(28)18-7-3-4-8-19(18)23(27)29/h3-10,17H,11-16H2,1-2H3/t17-/m0/s1. The van der Waals surface area contributed by atoms with Gasteiger partial charge in [0.25, 0.3) is 11.8 Å². The van der Waals surface area contributed by atoms with E-state index in [2.05, 4.69) is 16.8 Å². The zero-order chi connectivity index (χ0) is 22.7. The molecule has 0 bridgehead atoms. The second-order valence-electron chi connectivity index (χ2n) is 8.10. The number of hydrogen-bond acceptors (Lipinski definition) is 7. The van der Waals surface area contributed by atoms with Crippen LogP contribution in [0.4, 0.5) is 0 Å². The minimum atomic E-state index is -0.668. The molecule has 0 aromatic heterocycles. The van der Waals surface area contributed by atoms with Crippen molar-refractivity contribution in [2.24, 2.45) is 0 Å². The number of carbonyl (C=O) groups excluding carboxylic acids is 3. The summed E-state index contributed by atoms with van der Waals surface area (Å²) in [5.41, 5.74) is 1.07. The number of para-hydroxylation sites is 1. The Morgan fingerprint density at radius 1 is 0.906 bits per heavy atom. The highest BCUT2D eigenvalue weighted by Crippen LogP contribution is 2.24. The molecule has 2 heterocycles. The van der Waals surface area contributed by atoms with Crippen molar-refractivity contribution in [1.29, 1.82) is 0 Å². The van der Waals surface area contributed by atoms with Gasteiger partial charge in [-0.1, -0.05) is 24.3 Å². The molecule has 0 aliphatic carbocycles. The van der Waals surface area contributed by atoms with Crippen LogP contribution in [0.2, 0.25) is 0 Å². The number of fused-ring (bicyclic) bond motifs is 1. The SMILES string of the molecule is COc1ccccc1C(=O)O[C@@H](CN1CCN(C)CC1)CN1C(=O)c2ccccc2C1=O. The molecule has 4 rings (SSSR count). The van der Waals surface area contributed by atoms with Gasteiger partial charge in [-0.3, -0.25) is 19.4 Å². The molecule has 1 atom stereocenters. The van der Waals surface area contributed by atoms with Crippen molar-refractivity contribution in [1.82, 2.24) is 14.7 Å². The first-order chi connectivity index (χ1) is 15.5. The first kappa shape index (κ1) is 22.0. The summed E-state index contributed by atoms with van der Waals surface area (Å²) in [7, 11) is 3.56. The highest BCUT2D eigenvalue weighted by atomic mass is 16.5. The number of benzene rings is 2. The molecule has 2 amide bonds. The van der Waals surface area contributed by atoms with Gasteiger partial charge in [0, 0.05) is 32.7 Å². The normalized spacial score (nSPS) is 17.9. The molecule has 2 aliphatic heterocycles. The minimum absolute atomic E-state index is 0.000422. The number of piperazine rings is 1. The van der Waals surface area contributed by atoms with Gasteiger partial charge in [-0.2, -0.15) is 0 Å². The molecule has 1 saturated heterocycles. The summed E-state index contributed by atoms with van der Waals surface area (Å²) >= 11 is 0. The monoisotopic (exact) mass is 437 g/mol. The molecule has 0 saturated carbocycles. The maximum Gasteiger partial charge on any atom is 0.342 e. The lowest BCUT2D eigenvalue weighted by Crippen LogP contribution is -2.50. The van der Waals surface area contributed by atoms with E-state index in [0.717, 1.165) is 26.2 Å². The van der Waals surface area contributed by atoms with E-state index in [1.165, 1.54) is 12.0 Å². The molecule has 2 aliphatic rings. The number of imide groups is 1. The van der Waals surface area contributed by atoms with Gasteiger partial charge in [-0.05, 0) is 31.3 Å². The Labute approximate surface area is 187 Å². The smallest absolute Gasteiger partial charge is 0.342 e. The van der Waals surface area contributed by atoms with E-state index in [1.54, 1.807) is 48.5 Å². The summed E-state index contributed by atoms with van der Waals surface area (Å²) in [5.74, 6) is -0.848. The molecule has 1 fully saturated rings. The van der Waals surface area contributed by atoms with Crippen LogP contribution in [0.3, 0.4) is 0 Å². The Morgan fingerprint density at radius 3 is 2.12 bits per heavy atom. The van der Waals surface area contributed by atoms with E-state index in [4.69, 9.17) is 9.47 Å². The van der Waals surface area contributed by atoms with Crippen LogP contribution < -0.4 is 4.74 Å². The van der Waals surface area contributed by atoms with Gasteiger partial charge in [-0.15, -0.1) is 0 Å². The first-order valence-corrected chi connectivity index (χ1v) is 10.7. The third kappa shape index (κ3) is 4.51. The molecule has 0 spiro atoms. The Kier molecular flexibility index (Phi) is 6.53. The number of rotatable bonds is 7. The van der Waals surface area contributed by atoms with Crippen molar-refractivity contribution in [3.63, 3.8) is 0 Å². The zero-order valence-corrected chi connectivity index (χ0v) is 18.3. The Morgan fingerprint density at radius 2 is 1.50 bits per heavy atom. The molecule has 2 aromatic carbocycles. The predicted octanol–water partition coefficient (Wildman–Crippen LogP) is 1.76. The number of ether oxygens (including phenoxy) is 2. The number of nitrogens with zero attached hydrogens (tertiary/aromatic N) is 3. The summed E-state index contributed by atoms with van der Waals surface area (Å²) in [6.07, 6.45) is -0.668. The Bertz CT molecular complexity index is 981. The van der Waals surface area contributed by atoms with Crippen LogP contribution in [0, 0.1) is 0 Å². The van der Waals surface area contributed by atoms with Gasteiger partial charge >= 0.3 is 5.97 Å². The summed E-state index contributed by atoms with van der Waals surface area (Å²) in [5, 5.41) is 0. The van der Waals surface area contributed by atoms with Gasteiger partial charge in [0.2, 0.25) is 0 Å². The third-order valence-electron chi connectivity index (χ3n) is 5.92. The fourth-order valence-electron chi connectivity index (χ4n) is 4.09. The fourth-order valence-corrected chi connectivity index (χ4v) is 4.09. The molecule has 0 radical (unpaired) electrons. The van der Waals surface area contributed by atoms with Crippen LogP contribution >= 0.6 is 0 Å². The topological polar surface area (TPSA) is 79.4 Å². The number of amides is 2. The van der Waals surface area contributed by atoms with E-state index in [0.29, 0.717) is 29.0 Å². The highest BCUT2D eigenvalue weighted by molar-refractivity contribution is 6.21. The van der Waals surface area contributed by atoms with Crippen molar-refractivity contribution in [2.45, 2.75) is 6.10 Å². The third-order valence-corrected chi connectivity index (χ3v) is 5.92. The second-order valence-corrected chi connectivity index (χ2v) is 8.10. The van der Waals surface area contributed by atoms with Crippen molar-refractivity contribution in [3.05, 3.63) is 65.2 Å². The number of carbonyl (C=O) groups is 3. The van der Waals surface area contributed by atoms with Gasteiger partial charge in [0.15, 0.2) is 0 Å². The lowest BCUT2D eigenvalue weighted by atomic mass is 10.1. The maximum atomic E-state index is 13.0. The van der Waals surface area contributed by atoms with Crippen molar-refractivity contribution < 1.29 is 23.9 Å². The van der Waals surface area contributed by atoms with Crippen LogP contribution in [0.15, 0.2) is 48.5 Å². The average Bonchev–Trinajstić information content (AvgIpc) is 3.05. The lowest BCUT2D eigenvalue weighted by molar-refractivity contribution is 0.00531. The summed E-state index contributed by atoms with van der Waals surface area (Å²) in [6, 6.07) is 13.6. The number of esters is 1. The minimum Gasteiger partial charge on any atom is -0.496 e. The van der Waals surface area contributed by atoms with Gasteiger partial charge in [0.1, 0.15) is 17.4 Å². The molecule has 8 nitrogen and oxygen atoms in total. The van der Waals surface area contributed by atoms with Crippen molar-refractivity contribution in [3.8, 4) is 5.75 Å². The number of likely N-dealkylation sites (N-methyl/N-ethyl adjacent to an activating group) is 1. The van der Waals surface area contributed by atoms with Crippen molar-refractivity contribution >= 4 is 17.8 Å². The van der Waals surface area contributed by atoms with E-state index in [1.807, 2.05) is 0 Å². The molecular formula is C24H27N3O5. The largest absolute Gasteiger partial charge is 0.496 e. The van der Waals surface area contributed by atoms with Crippen LogP contribution in [0.5, 0.6) is 5.75 Å². The molecular weight excluding hydrogens is 410 g/mol. The average molecular weight is 437 g/mol. The van der Waals surface area contributed by atoms with E-state index in [9.17, 15) is 14.4 Å². The predicted molar refractivity (Wildman–Crippen MR) is 118 cm³/mol. The summed E-state index contributed by atoms with van der Waals surface area (Å²) < 4.78 is 11.1. The van der Waals surface area contributed by atoms with Crippen LogP contribution in [-0.2, 0) is 4.74 Å². The van der Waals surface area contributed by atoms with E-state index >= 15 is 0 Å². The summed E-state index contributed by atoms with van der Waals surface area (Å²) in [6.45, 7) is 3.88. The molecule has 2 aromatic rings. The summed E-state index contributed by atoms with van der Waals surface area (Å²) in [4.78, 5) is 44.3. The molecule has 168 valence electrons. The fraction of sp³-hybridized carbons (Fsp3) is 0.375. The molecule has 32 heavy (non-hydrogen) atoms. The van der Waals surface area contributed by atoms with Gasteiger partial charge < -0.3 is 14.4 Å². The zero-order valence-electron chi connectivity index (χ0n) is 18.3. The number of hydrogen-bond donors (Lipinski definition) is 0. The number of methoxy groups -OCH3 is 1.